The summed E-state index contributed by atoms with van der Waals surface area (Å²) in [7, 11) is 0. The second-order valence-electron chi connectivity index (χ2n) is 4.28. The number of aliphatic hydroxyl groups is 1. The lowest BCUT2D eigenvalue weighted by atomic mass is 10.0. The van der Waals surface area contributed by atoms with Crippen LogP contribution in [-0.4, -0.2) is 5.11 Å². The average Bonchev–Trinajstić information content (AvgIpc) is 2.25. The number of rotatable bonds is 6. The Morgan fingerprint density at radius 2 is 1.73 bits per heavy atom. The van der Waals surface area contributed by atoms with Gasteiger partial charge < -0.3 is 5.11 Å². The van der Waals surface area contributed by atoms with Gasteiger partial charge in [-0.25, -0.2) is 0 Å². The number of unbranched alkanes of at least 4 members (excludes halogenated alkanes) is 3. The van der Waals surface area contributed by atoms with Crippen LogP contribution in [0.2, 0.25) is 0 Å². The summed E-state index contributed by atoms with van der Waals surface area (Å²) in [5.41, 5.74) is 2.30. The number of benzene rings is 1. The molecule has 0 aliphatic heterocycles. The lowest BCUT2D eigenvalue weighted by Gasteiger charge is -2.10. The average molecular weight is 206 g/mol. The lowest BCUT2D eigenvalue weighted by molar-refractivity contribution is 0.163. The van der Waals surface area contributed by atoms with Crippen molar-refractivity contribution in [3.63, 3.8) is 0 Å². The van der Waals surface area contributed by atoms with E-state index in [2.05, 4.69) is 26.0 Å². The van der Waals surface area contributed by atoms with Crippen LogP contribution in [0.1, 0.15) is 56.3 Å². The Morgan fingerprint density at radius 1 is 1.07 bits per heavy atom. The van der Waals surface area contributed by atoms with Crippen LogP contribution < -0.4 is 0 Å². The van der Waals surface area contributed by atoms with Crippen LogP contribution in [0.25, 0.3) is 0 Å². The van der Waals surface area contributed by atoms with Crippen molar-refractivity contribution in [2.24, 2.45) is 0 Å². The lowest BCUT2D eigenvalue weighted by Crippen LogP contribution is -1.97. The molecule has 0 spiro atoms. The molecule has 15 heavy (non-hydrogen) atoms. The summed E-state index contributed by atoms with van der Waals surface area (Å²) in [5, 5.41) is 9.91. The molecular weight excluding hydrogens is 184 g/mol. The molecule has 0 amide bonds. The monoisotopic (exact) mass is 206 g/mol. The molecule has 0 aromatic heterocycles. The first-order valence-electron chi connectivity index (χ1n) is 5.98. The summed E-state index contributed by atoms with van der Waals surface area (Å²) in [5.74, 6) is 0. The van der Waals surface area contributed by atoms with E-state index in [9.17, 15) is 5.11 Å². The van der Waals surface area contributed by atoms with E-state index in [1.54, 1.807) is 0 Å². The van der Waals surface area contributed by atoms with Gasteiger partial charge in [0.25, 0.3) is 0 Å². The molecule has 0 aliphatic carbocycles. The van der Waals surface area contributed by atoms with Crippen LogP contribution >= 0.6 is 0 Å². The Morgan fingerprint density at radius 3 is 2.33 bits per heavy atom. The molecule has 0 aliphatic rings. The van der Waals surface area contributed by atoms with E-state index in [4.69, 9.17) is 0 Å². The normalized spacial score (nSPS) is 12.7. The van der Waals surface area contributed by atoms with Gasteiger partial charge in [-0.2, -0.15) is 0 Å². The number of hydrogen-bond acceptors (Lipinski definition) is 1. The van der Waals surface area contributed by atoms with Crippen molar-refractivity contribution < 1.29 is 5.11 Å². The highest BCUT2D eigenvalue weighted by Crippen LogP contribution is 2.20. The van der Waals surface area contributed by atoms with E-state index in [1.807, 2.05) is 12.1 Å². The molecule has 0 radical (unpaired) electrons. The molecule has 1 nitrogen and oxygen atoms in total. The maximum absolute atomic E-state index is 9.91. The molecule has 1 atom stereocenters. The van der Waals surface area contributed by atoms with Crippen LogP contribution in [-0.2, 0) is 0 Å². The maximum Gasteiger partial charge on any atom is 0.0790 e. The van der Waals surface area contributed by atoms with E-state index < -0.39 is 0 Å². The highest BCUT2D eigenvalue weighted by molar-refractivity contribution is 5.22. The zero-order valence-electron chi connectivity index (χ0n) is 9.87. The van der Waals surface area contributed by atoms with Gasteiger partial charge in [0.1, 0.15) is 0 Å². The van der Waals surface area contributed by atoms with E-state index in [0.717, 1.165) is 18.4 Å². The van der Waals surface area contributed by atoms with Gasteiger partial charge in [0.05, 0.1) is 6.10 Å². The zero-order valence-corrected chi connectivity index (χ0v) is 9.87. The minimum atomic E-state index is -0.276. The van der Waals surface area contributed by atoms with E-state index >= 15 is 0 Å². The number of aryl methyl sites for hydroxylation is 1. The summed E-state index contributed by atoms with van der Waals surface area (Å²) in [6.07, 6.45) is 5.51. The fraction of sp³-hybridized carbons (Fsp3) is 0.571. The molecule has 0 bridgehead atoms. The molecule has 1 aromatic rings. The van der Waals surface area contributed by atoms with Gasteiger partial charge in [-0.3, -0.25) is 0 Å². The van der Waals surface area contributed by atoms with Gasteiger partial charge in [0, 0.05) is 0 Å². The molecule has 0 heterocycles. The van der Waals surface area contributed by atoms with Crippen LogP contribution in [0.15, 0.2) is 24.3 Å². The van der Waals surface area contributed by atoms with E-state index in [-0.39, 0.29) is 6.10 Å². The van der Waals surface area contributed by atoms with Crippen LogP contribution in [0.4, 0.5) is 0 Å². The largest absolute Gasteiger partial charge is 0.388 e. The van der Waals surface area contributed by atoms with Gasteiger partial charge >= 0.3 is 0 Å². The zero-order chi connectivity index (χ0) is 11.1. The van der Waals surface area contributed by atoms with Gasteiger partial charge in [0.15, 0.2) is 0 Å². The fourth-order valence-corrected chi connectivity index (χ4v) is 1.72. The fourth-order valence-electron chi connectivity index (χ4n) is 1.72. The van der Waals surface area contributed by atoms with Gasteiger partial charge in [-0.05, 0) is 18.9 Å². The van der Waals surface area contributed by atoms with Crippen LogP contribution in [0.5, 0.6) is 0 Å². The molecule has 1 aromatic carbocycles. The minimum Gasteiger partial charge on any atom is -0.388 e. The first-order valence-corrected chi connectivity index (χ1v) is 5.98. The first kappa shape index (κ1) is 12.3. The molecule has 84 valence electrons. The van der Waals surface area contributed by atoms with Gasteiger partial charge in [0.2, 0.25) is 0 Å². The maximum atomic E-state index is 9.91. The highest BCUT2D eigenvalue weighted by Gasteiger charge is 2.05. The van der Waals surface area contributed by atoms with Gasteiger partial charge in [-0.15, -0.1) is 0 Å². The summed E-state index contributed by atoms with van der Waals surface area (Å²) in [6.45, 7) is 4.27. The third-order valence-electron chi connectivity index (χ3n) is 2.79. The Labute approximate surface area is 93.1 Å². The molecule has 1 N–H and O–H groups in total. The predicted molar refractivity (Wildman–Crippen MR) is 64.9 cm³/mol. The van der Waals surface area contributed by atoms with Crippen molar-refractivity contribution in [3.8, 4) is 0 Å². The molecule has 0 saturated heterocycles. The highest BCUT2D eigenvalue weighted by atomic mass is 16.3. The Balaban J connectivity index is 2.33. The van der Waals surface area contributed by atoms with Crippen molar-refractivity contribution in [3.05, 3.63) is 35.4 Å². The van der Waals surface area contributed by atoms with Crippen LogP contribution in [0, 0.1) is 6.92 Å². The molecule has 0 saturated carbocycles. The Kier molecular flexibility index (Phi) is 5.41. The summed E-state index contributed by atoms with van der Waals surface area (Å²) < 4.78 is 0. The molecule has 1 rings (SSSR count). The summed E-state index contributed by atoms with van der Waals surface area (Å²) in [4.78, 5) is 0. The van der Waals surface area contributed by atoms with Crippen molar-refractivity contribution in [2.75, 3.05) is 0 Å². The molecular formula is C14H22O. The number of aliphatic hydroxyl groups excluding tert-OH is 1. The Bertz CT molecular complexity index is 263. The Hall–Kier alpha value is -0.820. The third kappa shape index (κ3) is 4.48. The summed E-state index contributed by atoms with van der Waals surface area (Å²) >= 11 is 0. The number of hydrogen-bond donors (Lipinski definition) is 1. The second kappa shape index (κ2) is 6.62. The second-order valence-corrected chi connectivity index (χ2v) is 4.28. The van der Waals surface area contributed by atoms with Crippen molar-refractivity contribution >= 4 is 0 Å². The van der Waals surface area contributed by atoms with Gasteiger partial charge in [-0.1, -0.05) is 62.4 Å². The molecule has 1 unspecified atom stereocenters. The summed E-state index contributed by atoms with van der Waals surface area (Å²) in [6, 6.07) is 8.18. The quantitative estimate of drug-likeness (QED) is 0.697. The first-order chi connectivity index (χ1) is 7.24. The van der Waals surface area contributed by atoms with Crippen molar-refractivity contribution in [1.82, 2.24) is 0 Å². The van der Waals surface area contributed by atoms with Crippen LogP contribution in [0.3, 0.4) is 0 Å². The van der Waals surface area contributed by atoms with E-state index in [1.165, 1.54) is 24.8 Å². The smallest absolute Gasteiger partial charge is 0.0790 e. The predicted octanol–water partition coefficient (Wildman–Crippen LogP) is 4.00. The standard InChI is InChI=1S/C14H22O/c1-3-4-5-6-7-14(15)13-10-8-12(2)9-11-13/h8-11,14-15H,3-7H2,1-2H3. The van der Waals surface area contributed by atoms with Crippen molar-refractivity contribution in [2.45, 2.75) is 52.1 Å². The topological polar surface area (TPSA) is 20.2 Å². The SMILES string of the molecule is CCCCCCC(O)c1ccc(C)cc1. The molecule has 1 heteroatoms. The minimum absolute atomic E-state index is 0.276. The van der Waals surface area contributed by atoms with E-state index in [0.29, 0.717) is 0 Å². The molecule has 0 fully saturated rings. The third-order valence-corrected chi connectivity index (χ3v) is 2.79. The van der Waals surface area contributed by atoms with Crippen molar-refractivity contribution in [1.29, 1.82) is 0 Å².